The number of aryl methyl sites for hydroxylation is 1. The molecule has 2 saturated heterocycles. The van der Waals surface area contributed by atoms with Gasteiger partial charge < -0.3 is 10.6 Å². The molecule has 3 rings (SSSR count). The standard InChI is InChI=1S/C21H32N2O.ClH/c1-14-6-5-7-16(10-14)20(21(2,3)4)23-19(24)13-15-11-17-8-9-18(12-15)22-17;/h5-7,10,15,17-18,20,22H,8-9,11-13H2,1-4H3,(H,23,24);1H. The zero-order valence-electron chi connectivity index (χ0n) is 16.0. The average Bonchev–Trinajstić information content (AvgIpc) is 2.82. The van der Waals surface area contributed by atoms with Crippen LogP contribution < -0.4 is 10.6 Å². The number of hydrogen-bond acceptors (Lipinski definition) is 2. The van der Waals surface area contributed by atoms with Gasteiger partial charge in [0.25, 0.3) is 0 Å². The Morgan fingerprint density at radius 1 is 1.24 bits per heavy atom. The molecule has 2 N–H and O–H groups in total. The molecule has 2 fully saturated rings. The summed E-state index contributed by atoms with van der Waals surface area (Å²) in [6, 6.07) is 9.88. The molecule has 2 aliphatic rings. The molecule has 0 aliphatic carbocycles. The second-order valence-corrected chi connectivity index (χ2v) is 8.96. The van der Waals surface area contributed by atoms with Crippen LogP contribution in [0.3, 0.4) is 0 Å². The van der Waals surface area contributed by atoms with Crippen molar-refractivity contribution in [1.29, 1.82) is 0 Å². The predicted molar refractivity (Wildman–Crippen MR) is 106 cm³/mol. The molecule has 0 spiro atoms. The number of fused-ring (bicyclic) bond motifs is 2. The van der Waals surface area contributed by atoms with E-state index in [-0.39, 0.29) is 29.8 Å². The Balaban J connectivity index is 0.00000225. The van der Waals surface area contributed by atoms with Crippen molar-refractivity contribution in [1.82, 2.24) is 10.6 Å². The Hall–Kier alpha value is -1.06. The zero-order valence-corrected chi connectivity index (χ0v) is 16.8. The molecule has 2 heterocycles. The molecule has 1 aromatic rings. The van der Waals surface area contributed by atoms with Crippen molar-refractivity contribution in [2.75, 3.05) is 0 Å². The molecule has 3 atom stereocenters. The highest BCUT2D eigenvalue weighted by molar-refractivity contribution is 5.85. The van der Waals surface area contributed by atoms with E-state index < -0.39 is 0 Å². The average molecular weight is 365 g/mol. The largest absolute Gasteiger partial charge is 0.349 e. The van der Waals surface area contributed by atoms with Crippen LogP contribution in [0.4, 0.5) is 0 Å². The summed E-state index contributed by atoms with van der Waals surface area (Å²) in [5.74, 6) is 0.754. The first-order valence-electron chi connectivity index (χ1n) is 9.43. The van der Waals surface area contributed by atoms with Crippen LogP contribution in [-0.4, -0.2) is 18.0 Å². The van der Waals surface area contributed by atoms with Crippen LogP contribution in [0.5, 0.6) is 0 Å². The van der Waals surface area contributed by atoms with E-state index in [0.29, 0.717) is 24.4 Å². The van der Waals surface area contributed by atoms with Crippen molar-refractivity contribution in [2.24, 2.45) is 11.3 Å². The van der Waals surface area contributed by atoms with Gasteiger partial charge >= 0.3 is 0 Å². The Morgan fingerprint density at radius 3 is 2.44 bits per heavy atom. The summed E-state index contributed by atoms with van der Waals surface area (Å²) in [5.41, 5.74) is 2.45. The van der Waals surface area contributed by atoms with Gasteiger partial charge in [0.2, 0.25) is 5.91 Å². The molecule has 1 aromatic carbocycles. The number of benzene rings is 1. The highest BCUT2D eigenvalue weighted by Gasteiger charge is 2.35. The van der Waals surface area contributed by atoms with Gasteiger partial charge in [-0.25, -0.2) is 0 Å². The fourth-order valence-corrected chi connectivity index (χ4v) is 4.47. The van der Waals surface area contributed by atoms with Crippen LogP contribution in [0.1, 0.15) is 70.0 Å². The fourth-order valence-electron chi connectivity index (χ4n) is 4.47. The third kappa shape index (κ3) is 5.21. The Morgan fingerprint density at radius 2 is 1.88 bits per heavy atom. The minimum absolute atomic E-state index is 0. The van der Waals surface area contributed by atoms with Crippen LogP contribution >= 0.6 is 12.4 Å². The number of hydrogen-bond donors (Lipinski definition) is 2. The van der Waals surface area contributed by atoms with Gasteiger partial charge in [-0.2, -0.15) is 0 Å². The van der Waals surface area contributed by atoms with Crippen LogP contribution in [0, 0.1) is 18.3 Å². The van der Waals surface area contributed by atoms with Gasteiger partial charge in [-0.15, -0.1) is 12.4 Å². The van der Waals surface area contributed by atoms with Crippen molar-refractivity contribution in [3.8, 4) is 0 Å². The molecular weight excluding hydrogens is 332 g/mol. The topological polar surface area (TPSA) is 41.1 Å². The molecule has 1 amide bonds. The van der Waals surface area contributed by atoms with Crippen molar-refractivity contribution in [3.05, 3.63) is 35.4 Å². The Bertz CT molecular complexity index is 584. The van der Waals surface area contributed by atoms with Gasteiger partial charge in [-0.3, -0.25) is 4.79 Å². The molecule has 3 unspecified atom stereocenters. The summed E-state index contributed by atoms with van der Waals surface area (Å²) in [7, 11) is 0. The summed E-state index contributed by atoms with van der Waals surface area (Å²) in [4.78, 5) is 12.7. The van der Waals surface area contributed by atoms with Crippen LogP contribution in [-0.2, 0) is 4.79 Å². The smallest absolute Gasteiger partial charge is 0.220 e. The predicted octanol–water partition coefficient (Wildman–Crippen LogP) is 4.54. The Kier molecular flexibility index (Phi) is 6.56. The van der Waals surface area contributed by atoms with E-state index in [2.05, 4.69) is 62.6 Å². The van der Waals surface area contributed by atoms with Crippen molar-refractivity contribution >= 4 is 18.3 Å². The van der Waals surface area contributed by atoms with Crippen molar-refractivity contribution in [3.63, 3.8) is 0 Å². The summed E-state index contributed by atoms with van der Waals surface area (Å²) in [5, 5.41) is 7.00. The molecule has 25 heavy (non-hydrogen) atoms. The summed E-state index contributed by atoms with van der Waals surface area (Å²) < 4.78 is 0. The normalized spacial score (nSPS) is 26.6. The van der Waals surface area contributed by atoms with E-state index >= 15 is 0 Å². The quantitative estimate of drug-likeness (QED) is 0.823. The maximum atomic E-state index is 12.7. The van der Waals surface area contributed by atoms with Gasteiger partial charge in [0.1, 0.15) is 0 Å². The van der Waals surface area contributed by atoms with E-state index in [0.717, 1.165) is 12.8 Å². The van der Waals surface area contributed by atoms with E-state index in [1.807, 2.05) is 0 Å². The lowest BCUT2D eigenvalue weighted by molar-refractivity contribution is -0.123. The SMILES string of the molecule is Cc1cccc(C(NC(=O)CC2CC3CCC(C2)N3)C(C)(C)C)c1.Cl. The van der Waals surface area contributed by atoms with Gasteiger partial charge in [-0.1, -0.05) is 50.6 Å². The lowest BCUT2D eigenvalue weighted by atomic mass is 9.81. The minimum Gasteiger partial charge on any atom is -0.349 e. The van der Waals surface area contributed by atoms with Gasteiger partial charge in [0.15, 0.2) is 0 Å². The first-order valence-corrected chi connectivity index (χ1v) is 9.43. The number of piperidine rings is 1. The molecule has 0 radical (unpaired) electrons. The second kappa shape index (κ2) is 8.09. The maximum Gasteiger partial charge on any atom is 0.220 e. The highest BCUT2D eigenvalue weighted by atomic mass is 35.5. The third-order valence-corrected chi connectivity index (χ3v) is 5.59. The summed E-state index contributed by atoms with van der Waals surface area (Å²) in [6.07, 6.45) is 5.57. The zero-order chi connectivity index (χ0) is 17.3. The van der Waals surface area contributed by atoms with E-state index in [1.165, 1.54) is 24.0 Å². The Labute approximate surface area is 158 Å². The molecule has 0 saturated carbocycles. The van der Waals surface area contributed by atoms with E-state index in [4.69, 9.17) is 0 Å². The van der Waals surface area contributed by atoms with Crippen LogP contribution in [0.15, 0.2) is 24.3 Å². The monoisotopic (exact) mass is 364 g/mol. The van der Waals surface area contributed by atoms with Crippen molar-refractivity contribution < 1.29 is 4.79 Å². The van der Waals surface area contributed by atoms with Gasteiger partial charge in [0, 0.05) is 18.5 Å². The number of carbonyl (C=O) groups excluding carboxylic acids is 1. The summed E-state index contributed by atoms with van der Waals surface area (Å²) in [6.45, 7) is 8.71. The lowest BCUT2D eigenvalue weighted by Crippen LogP contribution is -2.41. The second-order valence-electron chi connectivity index (χ2n) is 8.96. The molecule has 0 aromatic heterocycles. The first-order chi connectivity index (χ1) is 11.3. The van der Waals surface area contributed by atoms with Gasteiger partial charge in [0.05, 0.1) is 6.04 Å². The lowest BCUT2D eigenvalue weighted by Gasteiger charge is -2.34. The van der Waals surface area contributed by atoms with Crippen LogP contribution in [0.25, 0.3) is 0 Å². The van der Waals surface area contributed by atoms with Gasteiger partial charge in [-0.05, 0) is 49.5 Å². The number of amides is 1. The van der Waals surface area contributed by atoms with E-state index in [1.54, 1.807) is 0 Å². The first kappa shape index (κ1) is 20.3. The molecule has 2 aliphatic heterocycles. The minimum atomic E-state index is -0.00337. The fraction of sp³-hybridized carbons (Fsp3) is 0.667. The van der Waals surface area contributed by atoms with Crippen LogP contribution in [0.2, 0.25) is 0 Å². The molecule has 4 heteroatoms. The number of carbonyl (C=O) groups is 1. The van der Waals surface area contributed by atoms with E-state index in [9.17, 15) is 4.79 Å². The molecular formula is C21H33ClN2O. The summed E-state index contributed by atoms with van der Waals surface area (Å²) >= 11 is 0. The number of rotatable bonds is 4. The molecule has 3 nitrogen and oxygen atoms in total. The molecule has 140 valence electrons. The third-order valence-electron chi connectivity index (χ3n) is 5.59. The van der Waals surface area contributed by atoms with Crippen molar-refractivity contribution in [2.45, 2.75) is 77.9 Å². The number of nitrogens with one attached hydrogen (secondary N) is 2. The maximum absolute atomic E-state index is 12.7. The molecule has 2 bridgehead atoms. The highest BCUT2D eigenvalue weighted by Crippen LogP contribution is 2.35. The number of halogens is 1.